The Hall–Kier alpha value is -7.46. The van der Waals surface area contributed by atoms with Gasteiger partial charge < -0.3 is 9.80 Å². The number of thiophene rings is 1. The number of anilines is 5. The largest absolute Gasteiger partial charge is 0.337 e. The number of allylic oxidation sites excluding steroid dienone is 1. The summed E-state index contributed by atoms with van der Waals surface area (Å²) >= 11 is 1.89. The summed E-state index contributed by atoms with van der Waals surface area (Å²) in [5.41, 5.74) is 17.1. The van der Waals surface area contributed by atoms with Crippen molar-refractivity contribution in [3.05, 3.63) is 236 Å². The third-order valence-electron chi connectivity index (χ3n) is 13.2. The average molecular weight is 825 g/mol. The summed E-state index contributed by atoms with van der Waals surface area (Å²) in [5, 5.41) is 2.70. The number of benzene rings is 9. The van der Waals surface area contributed by atoms with Crippen LogP contribution in [0.3, 0.4) is 0 Å². The highest BCUT2D eigenvalue weighted by Gasteiger charge is 2.39. The van der Waals surface area contributed by atoms with E-state index in [1.54, 1.807) is 0 Å². The molecule has 0 amide bonds. The summed E-state index contributed by atoms with van der Waals surface area (Å²) in [6.07, 6.45) is 6.87. The molecule has 3 heteroatoms. The lowest BCUT2D eigenvalue weighted by atomic mass is 9.84. The normalized spacial score (nSPS) is 15.4. The zero-order chi connectivity index (χ0) is 41.7. The molecule has 12 rings (SSSR count). The molecule has 0 saturated carbocycles. The van der Waals surface area contributed by atoms with Gasteiger partial charge in [0, 0.05) is 60.4 Å². The molecule has 300 valence electrons. The zero-order valence-corrected chi connectivity index (χ0v) is 35.6. The predicted molar refractivity (Wildman–Crippen MR) is 269 cm³/mol. The molecule has 0 saturated heterocycles. The molecule has 0 spiro atoms. The highest BCUT2D eigenvalue weighted by molar-refractivity contribution is 7.25. The first-order chi connectivity index (χ1) is 31.2. The smallest absolute Gasteiger partial charge is 0.0540 e. The fourth-order valence-electron chi connectivity index (χ4n) is 10.2. The zero-order valence-electron chi connectivity index (χ0n) is 34.8. The molecule has 0 bridgehead atoms. The van der Waals surface area contributed by atoms with E-state index in [1.165, 1.54) is 81.6 Å². The molecule has 10 aromatic rings. The Kier molecular flexibility index (Phi) is 9.35. The minimum atomic E-state index is 0.385. The van der Waals surface area contributed by atoms with Crippen molar-refractivity contribution >= 4 is 59.9 Å². The van der Waals surface area contributed by atoms with Crippen LogP contribution in [0.25, 0.3) is 64.7 Å². The van der Waals surface area contributed by atoms with Crippen molar-refractivity contribution in [3.8, 4) is 44.5 Å². The van der Waals surface area contributed by atoms with E-state index in [9.17, 15) is 0 Å². The number of rotatable bonds is 8. The first kappa shape index (κ1) is 37.3. The molecule has 0 N–H and O–H groups in total. The molecule has 0 fully saturated rings. The summed E-state index contributed by atoms with van der Waals surface area (Å²) in [5.74, 6) is 0.426. The molecule has 2 unspecified atom stereocenters. The van der Waals surface area contributed by atoms with E-state index in [4.69, 9.17) is 0 Å². The summed E-state index contributed by atoms with van der Waals surface area (Å²) in [4.78, 5) is 5.06. The Morgan fingerprint density at radius 1 is 0.413 bits per heavy atom. The maximum atomic E-state index is 2.64. The predicted octanol–water partition coefficient (Wildman–Crippen LogP) is 17.1. The van der Waals surface area contributed by atoms with Crippen LogP contribution in [0.15, 0.2) is 231 Å². The van der Waals surface area contributed by atoms with Crippen molar-refractivity contribution in [1.29, 1.82) is 0 Å². The van der Waals surface area contributed by atoms with Crippen LogP contribution < -0.4 is 9.80 Å². The molecule has 2 heterocycles. The van der Waals surface area contributed by atoms with Gasteiger partial charge in [0.1, 0.15) is 0 Å². The fourth-order valence-corrected chi connectivity index (χ4v) is 11.3. The summed E-state index contributed by atoms with van der Waals surface area (Å²) in [7, 11) is 0. The molecule has 1 aromatic heterocycles. The van der Waals surface area contributed by atoms with Gasteiger partial charge in [-0.05, 0) is 124 Å². The number of hydrogen-bond donors (Lipinski definition) is 0. The monoisotopic (exact) mass is 824 g/mol. The van der Waals surface area contributed by atoms with Crippen LogP contribution in [0.5, 0.6) is 0 Å². The van der Waals surface area contributed by atoms with Crippen LogP contribution in [0.1, 0.15) is 24.3 Å². The van der Waals surface area contributed by atoms with E-state index >= 15 is 0 Å². The van der Waals surface area contributed by atoms with E-state index < -0.39 is 0 Å². The van der Waals surface area contributed by atoms with Crippen LogP contribution in [-0.2, 0) is 0 Å². The van der Waals surface area contributed by atoms with Gasteiger partial charge in [0.2, 0.25) is 0 Å². The highest BCUT2D eigenvalue weighted by Crippen LogP contribution is 2.52. The maximum absolute atomic E-state index is 2.64. The van der Waals surface area contributed by atoms with Crippen LogP contribution in [0.2, 0.25) is 0 Å². The molecule has 2 atom stereocenters. The number of fused-ring (bicyclic) bond motifs is 6. The number of para-hydroxylation sites is 2. The van der Waals surface area contributed by atoms with Gasteiger partial charge in [-0.25, -0.2) is 0 Å². The molecule has 1 aliphatic heterocycles. The van der Waals surface area contributed by atoms with E-state index in [2.05, 4.69) is 240 Å². The van der Waals surface area contributed by atoms with Crippen LogP contribution in [0.4, 0.5) is 28.4 Å². The van der Waals surface area contributed by atoms with Crippen molar-refractivity contribution < 1.29 is 0 Å². The lowest BCUT2D eigenvalue weighted by Gasteiger charge is -2.31. The third-order valence-corrected chi connectivity index (χ3v) is 14.3. The standard InChI is InChI=1S/C60H44N2S/c1-3-16-41(17-4-1)42-30-32-43(33-31-42)44-18-15-21-47(38-44)61(46-19-5-2-6-20-46)56-27-12-9-24-51(56)50-23-8-7-22-49(50)45-34-36-58-54(39-45)52-25-10-13-28-57(52)62(58)48-35-37-60-55(40-48)53-26-11-14-29-59(53)63-60/h1-24,26-27,29-40,52,57H,25,28H2. The Balaban J connectivity index is 0.943. The minimum Gasteiger partial charge on any atom is -0.337 e. The molecular weight excluding hydrogens is 781 g/mol. The second-order valence-electron chi connectivity index (χ2n) is 16.8. The SMILES string of the molecule is C1=CCC2C(C1)c1cc(-c3ccccc3-c3ccccc3N(c3ccccc3)c3cccc(-c4ccc(-c5ccccc5)cc4)c3)ccc1N2c1ccc2sc3ccccc3c2c1. The van der Waals surface area contributed by atoms with Crippen molar-refractivity contribution in [3.63, 3.8) is 0 Å². The van der Waals surface area contributed by atoms with E-state index in [-0.39, 0.29) is 0 Å². The van der Waals surface area contributed by atoms with Crippen LogP contribution >= 0.6 is 11.3 Å². The second kappa shape index (κ2) is 15.8. The summed E-state index contributed by atoms with van der Waals surface area (Å²) < 4.78 is 2.69. The van der Waals surface area contributed by atoms with Gasteiger partial charge in [0.25, 0.3) is 0 Å². The Morgan fingerprint density at radius 2 is 1.03 bits per heavy atom. The van der Waals surface area contributed by atoms with Crippen LogP contribution in [0, 0.1) is 0 Å². The van der Waals surface area contributed by atoms with Gasteiger partial charge in [-0.15, -0.1) is 11.3 Å². The first-order valence-corrected chi connectivity index (χ1v) is 22.9. The number of nitrogens with zero attached hydrogens (tertiary/aromatic N) is 2. The Morgan fingerprint density at radius 3 is 1.87 bits per heavy atom. The molecule has 9 aromatic carbocycles. The van der Waals surface area contributed by atoms with Crippen molar-refractivity contribution in [2.75, 3.05) is 9.80 Å². The first-order valence-electron chi connectivity index (χ1n) is 22.0. The molecular formula is C60H44N2S. The van der Waals surface area contributed by atoms with Gasteiger partial charge >= 0.3 is 0 Å². The molecule has 2 nitrogen and oxygen atoms in total. The van der Waals surface area contributed by atoms with Gasteiger partial charge in [0.15, 0.2) is 0 Å². The molecule has 63 heavy (non-hydrogen) atoms. The topological polar surface area (TPSA) is 6.48 Å². The number of hydrogen-bond acceptors (Lipinski definition) is 3. The van der Waals surface area contributed by atoms with E-state index in [1.807, 2.05) is 11.3 Å². The third kappa shape index (κ3) is 6.64. The van der Waals surface area contributed by atoms with Crippen molar-refractivity contribution in [2.45, 2.75) is 24.8 Å². The van der Waals surface area contributed by atoms with Gasteiger partial charge in [-0.3, -0.25) is 0 Å². The minimum absolute atomic E-state index is 0.385. The molecule has 2 aliphatic rings. The van der Waals surface area contributed by atoms with E-state index in [0.29, 0.717) is 12.0 Å². The Labute approximate surface area is 373 Å². The summed E-state index contributed by atoms with van der Waals surface area (Å²) in [6, 6.07) is 80.7. The fraction of sp³-hybridized carbons (Fsp3) is 0.0667. The summed E-state index contributed by atoms with van der Waals surface area (Å²) in [6.45, 7) is 0. The Bertz CT molecular complexity index is 3310. The van der Waals surface area contributed by atoms with Crippen LogP contribution in [-0.4, -0.2) is 6.04 Å². The van der Waals surface area contributed by atoms with Crippen molar-refractivity contribution in [2.24, 2.45) is 0 Å². The van der Waals surface area contributed by atoms with Gasteiger partial charge in [0.05, 0.1) is 5.69 Å². The average Bonchev–Trinajstić information content (AvgIpc) is 3.90. The molecule has 0 radical (unpaired) electrons. The van der Waals surface area contributed by atoms with E-state index in [0.717, 1.165) is 29.9 Å². The highest BCUT2D eigenvalue weighted by atomic mass is 32.1. The quantitative estimate of drug-likeness (QED) is 0.141. The van der Waals surface area contributed by atoms with Gasteiger partial charge in [-0.1, -0.05) is 164 Å². The maximum Gasteiger partial charge on any atom is 0.0540 e. The lowest BCUT2D eigenvalue weighted by Crippen LogP contribution is -2.30. The van der Waals surface area contributed by atoms with Gasteiger partial charge in [-0.2, -0.15) is 0 Å². The lowest BCUT2D eigenvalue weighted by molar-refractivity contribution is 0.546. The second-order valence-corrected chi connectivity index (χ2v) is 17.9. The molecule has 1 aliphatic carbocycles. The van der Waals surface area contributed by atoms with Crippen molar-refractivity contribution in [1.82, 2.24) is 0 Å².